The van der Waals surface area contributed by atoms with Gasteiger partial charge in [-0.05, 0) is 43.0 Å². The number of halogens is 2. The summed E-state index contributed by atoms with van der Waals surface area (Å²) in [5.41, 5.74) is 2.48. The highest BCUT2D eigenvalue weighted by atomic mass is 35.5. The van der Waals surface area contributed by atoms with E-state index in [1.165, 1.54) is 31.5 Å². The molecule has 0 saturated carbocycles. The Morgan fingerprint density at radius 1 is 1.27 bits per heavy atom. The smallest absolute Gasteiger partial charge is 0.239 e. The van der Waals surface area contributed by atoms with Crippen molar-refractivity contribution in [1.82, 2.24) is 15.5 Å². The Bertz CT molecular complexity index is 545. The zero-order valence-electron chi connectivity index (χ0n) is 15.4. The first-order valence-corrected chi connectivity index (χ1v) is 9.10. The number of hydrogen-bond donors (Lipinski definition) is 2. The third-order valence-electron chi connectivity index (χ3n) is 4.98. The fraction of sp³-hybridized carbons (Fsp3) is 0.632. The van der Waals surface area contributed by atoms with Gasteiger partial charge in [0.05, 0.1) is 13.2 Å². The second-order valence-electron chi connectivity index (χ2n) is 7.08. The van der Waals surface area contributed by atoms with Gasteiger partial charge in [-0.25, -0.2) is 0 Å². The molecule has 0 spiro atoms. The SMILES string of the molecule is CC1CCN(Cc2cccc(CNC(=O)C3COCCN3)c2)CC1.Cl.Cl. The minimum Gasteiger partial charge on any atom is -0.378 e. The van der Waals surface area contributed by atoms with Gasteiger partial charge in [0.25, 0.3) is 0 Å². The fourth-order valence-electron chi connectivity index (χ4n) is 3.36. The van der Waals surface area contributed by atoms with Crippen LogP contribution in [0.5, 0.6) is 0 Å². The number of rotatable bonds is 5. The molecule has 2 aliphatic rings. The van der Waals surface area contributed by atoms with Gasteiger partial charge in [-0.3, -0.25) is 9.69 Å². The molecule has 1 aromatic rings. The van der Waals surface area contributed by atoms with E-state index in [0.717, 1.165) is 24.6 Å². The maximum absolute atomic E-state index is 12.1. The lowest BCUT2D eigenvalue weighted by Gasteiger charge is -2.30. The van der Waals surface area contributed by atoms with Crippen molar-refractivity contribution in [3.63, 3.8) is 0 Å². The van der Waals surface area contributed by atoms with E-state index in [-0.39, 0.29) is 36.8 Å². The van der Waals surface area contributed by atoms with Crippen molar-refractivity contribution in [2.75, 3.05) is 32.8 Å². The Kier molecular flexibility index (Phi) is 10.5. The van der Waals surface area contributed by atoms with Crippen molar-refractivity contribution in [2.45, 2.75) is 38.9 Å². The molecule has 0 radical (unpaired) electrons. The molecule has 0 aromatic heterocycles. The Hall–Kier alpha value is -0.850. The van der Waals surface area contributed by atoms with E-state index in [9.17, 15) is 4.79 Å². The van der Waals surface area contributed by atoms with Gasteiger partial charge in [-0.15, -0.1) is 24.8 Å². The molecular weight excluding hydrogens is 373 g/mol. The predicted molar refractivity (Wildman–Crippen MR) is 109 cm³/mol. The second-order valence-corrected chi connectivity index (χ2v) is 7.08. The maximum atomic E-state index is 12.1. The van der Waals surface area contributed by atoms with Crippen molar-refractivity contribution in [1.29, 1.82) is 0 Å². The van der Waals surface area contributed by atoms with Crippen LogP contribution < -0.4 is 10.6 Å². The van der Waals surface area contributed by atoms with Gasteiger partial charge >= 0.3 is 0 Å². The monoisotopic (exact) mass is 403 g/mol. The molecule has 148 valence electrons. The van der Waals surface area contributed by atoms with Crippen molar-refractivity contribution in [3.05, 3.63) is 35.4 Å². The van der Waals surface area contributed by atoms with Crippen LogP contribution in [0.25, 0.3) is 0 Å². The number of carbonyl (C=O) groups is 1. The van der Waals surface area contributed by atoms with Crippen LogP contribution >= 0.6 is 24.8 Å². The van der Waals surface area contributed by atoms with Gasteiger partial charge in [0.2, 0.25) is 5.91 Å². The summed E-state index contributed by atoms with van der Waals surface area (Å²) in [6.45, 7) is 8.18. The van der Waals surface area contributed by atoms with Crippen molar-refractivity contribution in [2.24, 2.45) is 5.92 Å². The van der Waals surface area contributed by atoms with Crippen molar-refractivity contribution in [3.8, 4) is 0 Å². The topological polar surface area (TPSA) is 53.6 Å². The predicted octanol–water partition coefficient (Wildman–Crippen LogP) is 2.37. The molecule has 26 heavy (non-hydrogen) atoms. The standard InChI is InChI=1S/C19H29N3O2.2ClH/c1-15-5-8-22(9-6-15)13-17-4-2-3-16(11-17)12-21-19(23)18-14-24-10-7-20-18;;/h2-4,11,15,18,20H,5-10,12-14H2,1H3,(H,21,23);2*1H. The highest BCUT2D eigenvalue weighted by molar-refractivity contribution is 5.85. The van der Waals surface area contributed by atoms with Gasteiger partial charge < -0.3 is 15.4 Å². The number of hydrogen-bond acceptors (Lipinski definition) is 4. The van der Waals surface area contributed by atoms with Crippen LogP contribution in [0.15, 0.2) is 24.3 Å². The molecular formula is C19H31Cl2N3O2. The van der Waals surface area contributed by atoms with Gasteiger partial charge in [0.15, 0.2) is 0 Å². The van der Waals surface area contributed by atoms with Crippen LogP contribution in [-0.2, 0) is 22.6 Å². The number of nitrogens with zero attached hydrogens (tertiary/aromatic N) is 1. The van der Waals surface area contributed by atoms with E-state index in [4.69, 9.17) is 4.74 Å². The van der Waals surface area contributed by atoms with Crippen molar-refractivity contribution >= 4 is 30.7 Å². The third-order valence-corrected chi connectivity index (χ3v) is 4.98. The number of nitrogens with one attached hydrogen (secondary N) is 2. The molecule has 1 atom stereocenters. The Morgan fingerprint density at radius 3 is 2.69 bits per heavy atom. The molecule has 1 amide bonds. The van der Waals surface area contributed by atoms with Gasteiger partial charge in [0, 0.05) is 19.6 Å². The van der Waals surface area contributed by atoms with Crippen LogP contribution in [-0.4, -0.2) is 49.7 Å². The van der Waals surface area contributed by atoms with Gasteiger partial charge in [-0.2, -0.15) is 0 Å². The average Bonchev–Trinajstić information content (AvgIpc) is 2.63. The van der Waals surface area contributed by atoms with Crippen LogP contribution in [0.3, 0.4) is 0 Å². The zero-order chi connectivity index (χ0) is 16.8. The summed E-state index contributed by atoms with van der Waals surface area (Å²) in [4.78, 5) is 14.7. The lowest BCUT2D eigenvalue weighted by Crippen LogP contribution is -2.51. The van der Waals surface area contributed by atoms with E-state index in [1.807, 2.05) is 0 Å². The highest BCUT2D eigenvalue weighted by Crippen LogP contribution is 2.18. The minimum atomic E-state index is -0.225. The summed E-state index contributed by atoms with van der Waals surface area (Å²) in [5, 5.41) is 6.19. The first kappa shape index (κ1) is 23.2. The van der Waals surface area contributed by atoms with Gasteiger partial charge in [0.1, 0.15) is 6.04 Å². The molecule has 0 aliphatic carbocycles. The lowest BCUT2D eigenvalue weighted by atomic mass is 9.98. The summed E-state index contributed by atoms with van der Waals surface area (Å²) in [5.74, 6) is 0.880. The zero-order valence-corrected chi connectivity index (χ0v) is 17.0. The number of benzene rings is 1. The van der Waals surface area contributed by atoms with E-state index in [0.29, 0.717) is 19.8 Å². The lowest BCUT2D eigenvalue weighted by molar-refractivity contribution is -0.126. The Balaban J connectivity index is 0.00000169. The summed E-state index contributed by atoms with van der Waals surface area (Å²) in [7, 11) is 0. The number of likely N-dealkylation sites (tertiary alicyclic amines) is 1. The first-order valence-electron chi connectivity index (χ1n) is 9.10. The molecule has 1 aromatic carbocycles. The molecule has 2 saturated heterocycles. The minimum absolute atomic E-state index is 0. The second kappa shape index (κ2) is 11.8. The number of carbonyl (C=O) groups excluding carboxylic acids is 1. The molecule has 2 heterocycles. The molecule has 3 rings (SSSR count). The first-order chi connectivity index (χ1) is 11.7. The van der Waals surface area contributed by atoms with Crippen LogP contribution in [0.2, 0.25) is 0 Å². The average molecular weight is 404 g/mol. The summed E-state index contributed by atoms with van der Waals surface area (Å²) in [6.07, 6.45) is 2.60. The maximum Gasteiger partial charge on any atom is 0.239 e. The van der Waals surface area contributed by atoms with E-state index in [1.54, 1.807) is 0 Å². The molecule has 2 aliphatic heterocycles. The molecule has 1 unspecified atom stereocenters. The molecule has 7 heteroatoms. The van der Waals surface area contributed by atoms with Crippen LogP contribution in [0, 0.1) is 5.92 Å². The van der Waals surface area contributed by atoms with Crippen molar-refractivity contribution < 1.29 is 9.53 Å². The summed E-state index contributed by atoms with van der Waals surface area (Å²) in [6, 6.07) is 8.33. The molecule has 2 fully saturated rings. The third kappa shape index (κ3) is 7.05. The highest BCUT2D eigenvalue weighted by Gasteiger charge is 2.20. The number of amides is 1. The fourth-order valence-corrected chi connectivity index (χ4v) is 3.36. The number of piperidine rings is 1. The van der Waals surface area contributed by atoms with Crippen LogP contribution in [0.1, 0.15) is 30.9 Å². The normalized spacial score (nSPS) is 21.3. The Labute approximate surface area is 169 Å². The van der Waals surface area contributed by atoms with E-state index >= 15 is 0 Å². The quantitative estimate of drug-likeness (QED) is 0.791. The van der Waals surface area contributed by atoms with E-state index in [2.05, 4.69) is 46.7 Å². The molecule has 0 bridgehead atoms. The largest absolute Gasteiger partial charge is 0.378 e. The van der Waals surface area contributed by atoms with Crippen LogP contribution in [0.4, 0.5) is 0 Å². The molecule has 5 nitrogen and oxygen atoms in total. The van der Waals surface area contributed by atoms with E-state index < -0.39 is 0 Å². The summed E-state index contributed by atoms with van der Waals surface area (Å²) < 4.78 is 5.34. The number of morpholine rings is 1. The summed E-state index contributed by atoms with van der Waals surface area (Å²) >= 11 is 0. The van der Waals surface area contributed by atoms with Gasteiger partial charge in [-0.1, -0.05) is 31.2 Å². The Morgan fingerprint density at radius 2 is 2.00 bits per heavy atom. The number of ether oxygens (including phenoxy) is 1. The molecule has 2 N–H and O–H groups in total.